The van der Waals surface area contributed by atoms with Crippen LogP contribution in [-0.2, 0) is 6.54 Å². The Bertz CT molecular complexity index is 1130. The highest BCUT2D eigenvalue weighted by atomic mass is 35.5. The third-order valence-electron chi connectivity index (χ3n) is 5.07. The quantitative estimate of drug-likeness (QED) is 0.463. The van der Waals surface area contributed by atoms with Crippen LogP contribution in [0.2, 0.25) is 0 Å². The van der Waals surface area contributed by atoms with Gasteiger partial charge in [-0.3, -0.25) is 0 Å². The van der Waals surface area contributed by atoms with Crippen LogP contribution in [0.1, 0.15) is 12.0 Å². The van der Waals surface area contributed by atoms with Gasteiger partial charge >= 0.3 is 5.13 Å². The molecule has 2 N–H and O–H groups in total. The Morgan fingerprint density at radius 3 is 2.34 bits per heavy atom. The van der Waals surface area contributed by atoms with E-state index in [4.69, 9.17) is 0 Å². The maximum absolute atomic E-state index is 10.8. The van der Waals surface area contributed by atoms with Crippen molar-refractivity contribution in [2.75, 3.05) is 26.0 Å². The highest BCUT2D eigenvalue weighted by Crippen LogP contribution is 2.40. The number of phenols is 1. The molecule has 4 rings (SSSR count). The topological polar surface area (TPSA) is 39.4 Å². The van der Waals surface area contributed by atoms with E-state index in [1.807, 2.05) is 43.3 Å². The molecule has 6 heteroatoms. The van der Waals surface area contributed by atoms with Gasteiger partial charge in [-0.2, -0.15) is 0 Å². The number of hydrogen-bond acceptors (Lipinski definition) is 4. The molecule has 0 aliphatic carbocycles. The number of aromatic nitrogens is 1. The lowest BCUT2D eigenvalue weighted by molar-refractivity contribution is -0.653. The van der Waals surface area contributed by atoms with Gasteiger partial charge in [0.15, 0.2) is 5.52 Å². The molecular weight excluding hydrogens is 402 g/mol. The molecule has 3 aromatic carbocycles. The number of halogens is 1. The highest BCUT2D eigenvalue weighted by Gasteiger charge is 2.24. The number of benzene rings is 3. The molecular formula is C23H26ClN3OS. The zero-order chi connectivity index (χ0) is 19.7. The minimum absolute atomic E-state index is 0. The van der Waals surface area contributed by atoms with E-state index in [0.717, 1.165) is 51.4 Å². The van der Waals surface area contributed by atoms with Crippen LogP contribution < -0.4 is 22.3 Å². The highest BCUT2D eigenvalue weighted by molar-refractivity contribution is 7.22. The third kappa shape index (κ3) is 4.17. The van der Waals surface area contributed by atoms with E-state index in [1.54, 1.807) is 11.3 Å². The number of nitrogens with one attached hydrogen (secondary N) is 1. The first-order valence-corrected chi connectivity index (χ1v) is 10.4. The zero-order valence-corrected chi connectivity index (χ0v) is 18.5. The molecule has 0 aliphatic heterocycles. The number of nitrogens with zero attached hydrogens (tertiary/aromatic N) is 2. The minimum Gasteiger partial charge on any atom is -1.00 e. The lowest BCUT2D eigenvalue weighted by atomic mass is 10.0. The number of rotatable bonds is 6. The van der Waals surface area contributed by atoms with Gasteiger partial charge in [0.25, 0.3) is 0 Å². The molecule has 0 saturated heterocycles. The lowest BCUT2D eigenvalue weighted by Gasteiger charge is -2.10. The van der Waals surface area contributed by atoms with Crippen molar-refractivity contribution < 1.29 is 22.1 Å². The SMILES string of the molecule is Cc1c(O)c2ccccc2c2c1sc(Nc1ccccc1)[n+]2CCCN(C)C.[Cl-]. The van der Waals surface area contributed by atoms with Gasteiger partial charge in [0.1, 0.15) is 11.4 Å². The average molecular weight is 428 g/mol. The van der Waals surface area contributed by atoms with Crippen LogP contribution in [0.3, 0.4) is 0 Å². The summed E-state index contributed by atoms with van der Waals surface area (Å²) in [5, 5.41) is 17.5. The van der Waals surface area contributed by atoms with Gasteiger partial charge < -0.3 is 22.4 Å². The van der Waals surface area contributed by atoms with Crippen molar-refractivity contribution in [2.45, 2.75) is 19.9 Å². The molecule has 0 bridgehead atoms. The molecule has 1 aromatic heterocycles. The Morgan fingerprint density at radius 2 is 1.66 bits per heavy atom. The van der Waals surface area contributed by atoms with E-state index in [9.17, 15) is 5.11 Å². The Labute approximate surface area is 181 Å². The van der Waals surface area contributed by atoms with Gasteiger partial charge in [-0.15, -0.1) is 0 Å². The van der Waals surface area contributed by atoms with Crippen molar-refractivity contribution in [2.24, 2.45) is 0 Å². The van der Waals surface area contributed by atoms with Crippen LogP contribution in [-0.4, -0.2) is 30.6 Å². The monoisotopic (exact) mass is 427 g/mol. The van der Waals surface area contributed by atoms with Crippen LogP contribution in [0.5, 0.6) is 5.75 Å². The van der Waals surface area contributed by atoms with E-state index in [-0.39, 0.29) is 12.4 Å². The number of para-hydroxylation sites is 1. The number of fused-ring (bicyclic) bond motifs is 3. The summed E-state index contributed by atoms with van der Waals surface area (Å²) in [6, 6.07) is 18.4. The second-order valence-electron chi connectivity index (χ2n) is 7.40. The smallest absolute Gasteiger partial charge is 0.340 e. The number of anilines is 2. The maximum atomic E-state index is 10.8. The maximum Gasteiger partial charge on any atom is 0.340 e. The first-order valence-electron chi connectivity index (χ1n) is 9.59. The average Bonchev–Trinajstić information content (AvgIpc) is 3.05. The minimum atomic E-state index is 0. The molecule has 0 amide bonds. The molecule has 29 heavy (non-hydrogen) atoms. The fraction of sp³-hybridized carbons (Fsp3) is 0.261. The van der Waals surface area contributed by atoms with Gasteiger partial charge in [-0.05, 0) is 57.0 Å². The molecule has 152 valence electrons. The van der Waals surface area contributed by atoms with Crippen LogP contribution in [0.15, 0.2) is 54.6 Å². The number of thiazole rings is 1. The van der Waals surface area contributed by atoms with Gasteiger partial charge in [0, 0.05) is 22.9 Å². The van der Waals surface area contributed by atoms with Gasteiger partial charge in [0.05, 0.1) is 11.2 Å². The molecule has 4 aromatic rings. The fourth-order valence-corrected chi connectivity index (χ4v) is 4.87. The summed E-state index contributed by atoms with van der Waals surface area (Å²) >= 11 is 1.71. The summed E-state index contributed by atoms with van der Waals surface area (Å²) in [6.45, 7) is 3.96. The van der Waals surface area contributed by atoms with Crippen molar-refractivity contribution in [1.29, 1.82) is 0 Å². The number of phenolic OH excluding ortho intramolecular Hbond substituents is 1. The van der Waals surface area contributed by atoms with Crippen molar-refractivity contribution in [1.82, 2.24) is 4.90 Å². The largest absolute Gasteiger partial charge is 1.00 e. The zero-order valence-electron chi connectivity index (χ0n) is 16.9. The van der Waals surface area contributed by atoms with Crippen molar-refractivity contribution in [3.8, 4) is 5.75 Å². The van der Waals surface area contributed by atoms with E-state index in [2.05, 4.69) is 47.1 Å². The predicted molar refractivity (Wildman–Crippen MR) is 119 cm³/mol. The number of aromatic hydroxyl groups is 1. The molecule has 0 aliphatic rings. The Hall–Kier alpha value is -2.34. The summed E-state index contributed by atoms with van der Waals surface area (Å²) in [5.41, 5.74) is 3.22. The van der Waals surface area contributed by atoms with Crippen LogP contribution in [0, 0.1) is 6.92 Å². The summed E-state index contributed by atoms with van der Waals surface area (Å²) in [7, 11) is 4.22. The van der Waals surface area contributed by atoms with Gasteiger partial charge in [-0.25, -0.2) is 9.88 Å². The van der Waals surface area contributed by atoms with E-state index in [1.165, 1.54) is 5.52 Å². The van der Waals surface area contributed by atoms with Crippen molar-refractivity contribution in [3.05, 3.63) is 60.2 Å². The fourth-order valence-electron chi connectivity index (χ4n) is 3.65. The lowest BCUT2D eigenvalue weighted by Crippen LogP contribution is -3.00. The second-order valence-corrected chi connectivity index (χ2v) is 8.40. The van der Waals surface area contributed by atoms with Crippen LogP contribution in [0.25, 0.3) is 21.0 Å². The summed E-state index contributed by atoms with van der Waals surface area (Å²) in [4.78, 5) is 2.22. The Kier molecular flexibility index (Phi) is 6.63. The first kappa shape index (κ1) is 21.4. The van der Waals surface area contributed by atoms with Crippen molar-refractivity contribution in [3.63, 3.8) is 0 Å². The number of hydrogen-bond donors (Lipinski definition) is 2. The van der Waals surface area contributed by atoms with E-state index in [0.29, 0.717) is 5.75 Å². The van der Waals surface area contributed by atoms with Crippen LogP contribution in [0.4, 0.5) is 10.8 Å². The van der Waals surface area contributed by atoms with Gasteiger partial charge in [-0.1, -0.05) is 36.4 Å². The molecule has 0 saturated carbocycles. The summed E-state index contributed by atoms with van der Waals surface area (Å²) < 4.78 is 3.52. The molecule has 0 atom stereocenters. The summed E-state index contributed by atoms with van der Waals surface area (Å²) in [6.07, 6.45) is 1.06. The Morgan fingerprint density at radius 1 is 1.00 bits per heavy atom. The molecule has 0 radical (unpaired) electrons. The normalized spacial score (nSPS) is 11.2. The molecule has 0 spiro atoms. The standard InChI is InChI=1S/C23H25N3OS.ClH/c1-16-21(27)19-13-8-7-12-18(19)20-22(16)28-23(24-17-10-5-4-6-11-17)26(20)15-9-14-25(2)3;/h4-8,10-13,27H,9,14-15H2,1-3H3;1H. The number of aryl methyl sites for hydroxylation is 2. The Balaban J connectivity index is 0.00000240. The predicted octanol–water partition coefficient (Wildman–Crippen LogP) is 2.06. The summed E-state index contributed by atoms with van der Waals surface area (Å²) in [5.74, 6) is 0.385. The van der Waals surface area contributed by atoms with E-state index >= 15 is 0 Å². The van der Waals surface area contributed by atoms with Crippen molar-refractivity contribution >= 4 is 43.1 Å². The first-order chi connectivity index (χ1) is 13.6. The molecule has 1 heterocycles. The molecule has 0 unspecified atom stereocenters. The van der Waals surface area contributed by atoms with E-state index < -0.39 is 0 Å². The molecule has 0 fully saturated rings. The second kappa shape index (κ2) is 8.99. The third-order valence-corrected chi connectivity index (χ3v) is 6.29. The molecule has 4 nitrogen and oxygen atoms in total. The van der Waals surface area contributed by atoms with Crippen LogP contribution >= 0.6 is 11.3 Å². The van der Waals surface area contributed by atoms with Gasteiger partial charge in [0.2, 0.25) is 0 Å².